The van der Waals surface area contributed by atoms with E-state index in [2.05, 4.69) is 5.32 Å². The Hall–Kier alpha value is -1.84. The molecule has 0 aromatic heterocycles. The van der Waals surface area contributed by atoms with E-state index in [1.165, 1.54) is 0 Å². The highest BCUT2D eigenvalue weighted by atomic mass is 16.4. The summed E-state index contributed by atoms with van der Waals surface area (Å²) in [7, 11) is 0. The van der Waals surface area contributed by atoms with Crippen molar-refractivity contribution in [1.29, 1.82) is 0 Å². The van der Waals surface area contributed by atoms with E-state index in [1.54, 1.807) is 12.1 Å². The lowest BCUT2D eigenvalue weighted by Gasteiger charge is -2.17. The molecule has 4 heteroatoms. The Kier molecular flexibility index (Phi) is 3.65. The number of amides is 1. The van der Waals surface area contributed by atoms with Crippen molar-refractivity contribution in [3.8, 4) is 0 Å². The summed E-state index contributed by atoms with van der Waals surface area (Å²) < 4.78 is 0. The van der Waals surface area contributed by atoms with Crippen LogP contribution < -0.4 is 5.32 Å². The molecule has 18 heavy (non-hydrogen) atoms. The van der Waals surface area contributed by atoms with Crippen molar-refractivity contribution in [3.63, 3.8) is 0 Å². The predicted octanol–water partition coefficient (Wildman–Crippen LogP) is 1.98. The molecule has 0 heterocycles. The predicted molar refractivity (Wildman–Crippen MR) is 67.4 cm³/mol. The van der Waals surface area contributed by atoms with Gasteiger partial charge in [0.2, 0.25) is 0 Å². The molecular weight excluding hydrogens is 230 g/mol. The number of carboxylic acid groups (broad SMARTS) is 1. The maximum Gasteiger partial charge on any atom is 0.308 e. The molecule has 4 nitrogen and oxygen atoms in total. The highest BCUT2D eigenvalue weighted by Crippen LogP contribution is 2.26. The van der Waals surface area contributed by atoms with E-state index in [-0.39, 0.29) is 11.9 Å². The molecule has 0 spiro atoms. The van der Waals surface area contributed by atoms with Crippen LogP contribution in [0.15, 0.2) is 24.3 Å². The molecule has 0 bridgehead atoms. The first-order chi connectivity index (χ1) is 8.58. The zero-order valence-electron chi connectivity index (χ0n) is 10.3. The highest BCUT2D eigenvalue weighted by molar-refractivity contribution is 5.94. The Balaban J connectivity index is 2.03. The zero-order valence-corrected chi connectivity index (χ0v) is 10.3. The lowest BCUT2D eigenvalue weighted by Crippen LogP contribution is -2.40. The van der Waals surface area contributed by atoms with Crippen LogP contribution in [0.4, 0.5) is 0 Å². The normalized spacial score (nSPS) is 22.7. The van der Waals surface area contributed by atoms with E-state index < -0.39 is 11.9 Å². The maximum absolute atomic E-state index is 12.0. The Bertz CT molecular complexity index is 453. The largest absolute Gasteiger partial charge is 0.481 e. The Morgan fingerprint density at radius 1 is 1.22 bits per heavy atom. The number of carbonyl (C=O) groups is 2. The van der Waals surface area contributed by atoms with E-state index in [1.807, 2.05) is 19.1 Å². The monoisotopic (exact) mass is 247 g/mol. The molecule has 2 N–H and O–H groups in total. The molecule has 96 valence electrons. The molecule has 2 rings (SSSR count). The van der Waals surface area contributed by atoms with Gasteiger partial charge in [-0.15, -0.1) is 0 Å². The minimum absolute atomic E-state index is 0.187. The molecule has 1 aliphatic rings. The molecule has 0 aliphatic heterocycles. The second-order valence-corrected chi connectivity index (χ2v) is 4.82. The van der Waals surface area contributed by atoms with E-state index in [0.717, 1.165) is 18.4 Å². The summed E-state index contributed by atoms with van der Waals surface area (Å²) in [5.74, 6) is -1.45. The maximum atomic E-state index is 12.0. The Morgan fingerprint density at radius 3 is 2.50 bits per heavy atom. The molecule has 0 unspecified atom stereocenters. The quantitative estimate of drug-likeness (QED) is 0.858. The number of rotatable bonds is 3. The molecule has 0 radical (unpaired) electrons. The average molecular weight is 247 g/mol. The molecule has 1 amide bonds. The van der Waals surface area contributed by atoms with Crippen LogP contribution in [0, 0.1) is 12.8 Å². The van der Waals surface area contributed by atoms with Gasteiger partial charge in [-0.05, 0) is 31.9 Å². The molecule has 0 saturated heterocycles. The van der Waals surface area contributed by atoms with Crippen LogP contribution in [0.3, 0.4) is 0 Å². The van der Waals surface area contributed by atoms with Crippen molar-refractivity contribution in [1.82, 2.24) is 5.32 Å². The summed E-state index contributed by atoms with van der Waals surface area (Å²) in [6.07, 6.45) is 2.25. The van der Waals surface area contributed by atoms with Gasteiger partial charge in [0.15, 0.2) is 0 Å². The van der Waals surface area contributed by atoms with Gasteiger partial charge in [0.25, 0.3) is 5.91 Å². The van der Waals surface area contributed by atoms with Gasteiger partial charge < -0.3 is 10.4 Å². The first-order valence-electron chi connectivity index (χ1n) is 6.18. The van der Waals surface area contributed by atoms with E-state index in [0.29, 0.717) is 12.0 Å². The molecule has 1 saturated carbocycles. The van der Waals surface area contributed by atoms with E-state index >= 15 is 0 Å². The fraction of sp³-hybridized carbons (Fsp3) is 0.429. The summed E-state index contributed by atoms with van der Waals surface area (Å²) in [6, 6.07) is 7.03. The summed E-state index contributed by atoms with van der Waals surface area (Å²) in [4.78, 5) is 23.0. The highest BCUT2D eigenvalue weighted by Gasteiger charge is 2.33. The van der Waals surface area contributed by atoms with Gasteiger partial charge in [-0.3, -0.25) is 9.59 Å². The van der Waals surface area contributed by atoms with Gasteiger partial charge in [0, 0.05) is 11.6 Å². The van der Waals surface area contributed by atoms with Crippen molar-refractivity contribution in [3.05, 3.63) is 35.4 Å². The van der Waals surface area contributed by atoms with Crippen molar-refractivity contribution < 1.29 is 14.7 Å². The number of aliphatic carboxylic acids is 1. The second kappa shape index (κ2) is 5.21. The third-order valence-electron chi connectivity index (χ3n) is 3.46. The summed E-state index contributed by atoms with van der Waals surface area (Å²) in [5, 5.41) is 11.9. The van der Waals surface area contributed by atoms with Crippen LogP contribution in [-0.2, 0) is 4.79 Å². The fourth-order valence-electron chi connectivity index (χ4n) is 2.39. The van der Waals surface area contributed by atoms with Crippen molar-refractivity contribution in [2.24, 2.45) is 5.92 Å². The first-order valence-corrected chi connectivity index (χ1v) is 6.18. The first kappa shape index (κ1) is 12.6. The minimum atomic E-state index is -0.818. The number of carboxylic acids is 1. The second-order valence-electron chi connectivity index (χ2n) is 4.82. The van der Waals surface area contributed by atoms with Gasteiger partial charge in [0.05, 0.1) is 5.92 Å². The van der Waals surface area contributed by atoms with Crippen LogP contribution in [-0.4, -0.2) is 23.0 Å². The topological polar surface area (TPSA) is 66.4 Å². The standard InChI is InChI=1S/C14H17NO3/c1-9-5-7-10(8-6-9)13(16)15-12-4-2-3-11(12)14(17)18/h5-8,11-12H,2-4H2,1H3,(H,15,16)(H,17,18)/t11-,12+/m0/s1. The average Bonchev–Trinajstić information content (AvgIpc) is 2.78. The van der Waals surface area contributed by atoms with E-state index in [9.17, 15) is 9.59 Å². The lowest BCUT2D eigenvalue weighted by atomic mass is 10.0. The third kappa shape index (κ3) is 2.70. The number of benzene rings is 1. The third-order valence-corrected chi connectivity index (χ3v) is 3.46. The fourth-order valence-corrected chi connectivity index (χ4v) is 2.39. The summed E-state index contributed by atoms with van der Waals surface area (Å²) >= 11 is 0. The number of carbonyl (C=O) groups excluding carboxylic acids is 1. The SMILES string of the molecule is Cc1ccc(C(=O)N[C@@H]2CCC[C@@H]2C(=O)O)cc1. The smallest absolute Gasteiger partial charge is 0.308 e. The van der Waals surface area contributed by atoms with Gasteiger partial charge in [-0.1, -0.05) is 24.1 Å². The molecule has 1 aromatic carbocycles. The van der Waals surface area contributed by atoms with Crippen LogP contribution in [0.2, 0.25) is 0 Å². The van der Waals surface area contributed by atoms with Gasteiger partial charge in [-0.25, -0.2) is 0 Å². The van der Waals surface area contributed by atoms with Crippen molar-refractivity contribution in [2.75, 3.05) is 0 Å². The Morgan fingerprint density at radius 2 is 1.89 bits per heavy atom. The lowest BCUT2D eigenvalue weighted by molar-refractivity contribution is -0.142. The van der Waals surface area contributed by atoms with Crippen LogP contribution in [0.25, 0.3) is 0 Å². The molecule has 2 atom stereocenters. The number of hydrogen-bond acceptors (Lipinski definition) is 2. The van der Waals surface area contributed by atoms with Gasteiger partial charge in [0.1, 0.15) is 0 Å². The van der Waals surface area contributed by atoms with E-state index in [4.69, 9.17) is 5.11 Å². The summed E-state index contributed by atoms with van der Waals surface area (Å²) in [5.41, 5.74) is 1.67. The zero-order chi connectivity index (χ0) is 13.1. The van der Waals surface area contributed by atoms with Gasteiger partial charge in [-0.2, -0.15) is 0 Å². The molecular formula is C14H17NO3. The van der Waals surface area contributed by atoms with Crippen molar-refractivity contribution in [2.45, 2.75) is 32.2 Å². The number of hydrogen-bond donors (Lipinski definition) is 2. The molecule has 1 fully saturated rings. The minimum Gasteiger partial charge on any atom is -0.481 e. The number of aryl methyl sites for hydroxylation is 1. The van der Waals surface area contributed by atoms with Crippen molar-refractivity contribution >= 4 is 11.9 Å². The van der Waals surface area contributed by atoms with Crippen LogP contribution in [0.5, 0.6) is 0 Å². The van der Waals surface area contributed by atoms with Crippen LogP contribution >= 0.6 is 0 Å². The summed E-state index contributed by atoms with van der Waals surface area (Å²) in [6.45, 7) is 1.96. The van der Waals surface area contributed by atoms with Crippen LogP contribution in [0.1, 0.15) is 35.2 Å². The number of nitrogens with one attached hydrogen (secondary N) is 1. The molecule has 1 aliphatic carbocycles. The Labute approximate surface area is 106 Å². The van der Waals surface area contributed by atoms with Gasteiger partial charge >= 0.3 is 5.97 Å². The molecule has 1 aromatic rings.